The minimum atomic E-state index is -0.295. The van der Waals surface area contributed by atoms with Crippen LogP contribution in [0.25, 0.3) is 11.1 Å². The van der Waals surface area contributed by atoms with Crippen molar-refractivity contribution in [1.29, 1.82) is 0 Å². The van der Waals surface area contributed by atoms with Crippen LogP contribution in [0, 0.1) is 5.92 Å². The molecule has 0 saturated heterocycles. The highest BCUT2D eigenvalue weighted by molar-refractivity contribution is 5.90. The molecule has 2 aromatic rings. The molecule has 0 aliphatic heterocycles. The molecule has 0 radical (unpaired) electrons. The van der Waals surface area contributed by atoms with Crippen molar-refractivity contribution in [2.24, 2.45) is 5.92 Å². The first-order chi connectivity index (χ1) is 16.0. The van der Waals surface area contributed by atoms with E-state index >= 15 is 0 Å². The molecular weight excluding hydrogens is 412 g/mol. The van der Waals surface area contributed by atoms with E-state index < -0.39 is 0 Å². The SMILES string of the molecule is C=CCCCCCCCCC(=O)Oc1ccc(-c2ccc(C(=O)OC[C@@H](C)CC)cc2)cc1. The van der Waals surface area contributed by atoms with Gasteiger partial charge in [-0.25, -0.2) is 4.79 Å². The second-order valence-corrected chi connectivity index (χ2v) is 8.64. The number of benzene rings is 2. The summed E-state index contributed by atoms with van der Waals surface area (Å²) in [7, 11) is 0. The molecule has 0 fully saturated rings. The third kappa shape index (κ3) is 10.1. The van der Waals surface area contributed by atoms with E-state index in [1.165, 1.54) is 19.3 Å². The van der Waals surface area contributed by atoms with E-state index in [1.807, 2.05) is 30.3 Å². The second kappa shape index (κ2) is 15.0. The Morgan fingerprint density at radius 2 is 1.45 bits per heavy atom. The Hall–Kier alpha value is -2.88. The Labute approximate surface area is 199 Å². The monoisotopic (exact) mass is 450 g/mol. The molecule has 1 atom stereocenters. The average molecular weight is 451 g/mol. The first-order valence-corrected chi connectivity index (χ1v) is 12.2. The molecule has 0 amide bonds. The van der Waals surface area contributed by atoms with Crippen LogP contribution in [0.3, 0.4) is 0 Å². The van der Waals surface area contributed by atoms with Gasteiger partial charge in [-0.15, -0.1) is 6.58 Å². The van der Waals surface area contributed by atoms with Crippen LogP contribution in [0.1, 0.15) is 82.0 Å². The largest absolute Gasteiger partial charge is 0.462 e. The summed E-state index contributed by atoms with van der Waals surface area (Å²) in [5.41, 5.74) is 2.52. The molecule has 0 N–H and O–H groups in total. The third-order valence-corrected chi connectivity index (χ3v) is 5.77. The van der Waals surface area contributed by atoms with Crippen LogP contribution in [0.5, 0.6) is 5.75 Å². The lowest BCUT2D eigenvalue weighted by Crippen LogP contribution is -2.11. The molecule has 0 aromatic heterocycles. The van der Waals surface area contributed by atoms with E-state index in [9.17, 15) is 9.59 Å². The Morgan fingerprint density at radius 3 is 2.06 bits per heavy atom. The molecule has 0 spiro atoms. The van der Waals surface area contributed by atoms with Crippen LogP contribution in [-0.2, 0) is 9.53 Å². The molecule has 178 valence electrons. The van der Waals surface area contributed by atoms with Gasteiger partial charge < -0.3 is 9.47 Å². The van der Waals surface area contributed by atoms with Crippen molar-refractivity contribution in [2.45, 2.75) is 71.6 Å². The van der Waals surface area contributed by atoms with Crippen LogP contribution < -0.4 is 4.74 Å². The Kier molecular flexibility index (Phi) is 12.0. The molecule has 0 aliphatic carbocycles. The normalized spacial score (nSPS) is 11.6. The number of esters is 2. The topological polar surface area (TPSA) is 52.6 Å². The fraction of sp³-hybridized carbons (Fsp3) is 0.448. The highest BCUT2D eigenvalue weighted by Crippen LogP contribution is 2.23. The van der Waals surface area contributed by atoms with Gasteiger partial charge in [0.25, 0.3) is 0 Å². The maximum atomic E-state index is 12.2. The zero-order valence-corrected chi connectivity index (χ0v) is 20.2. The van der Waals surface area contributed by atoms with Crippen molar-refractivity contribution in [3.63, 3.8) is 0 Å². The second-order valence-electron chi connectivity index (χ2n) is 8.64. The molecular formula is C29H38O4. The summed E-state index contributed by atoms with van der Waals surface area (Å²) in [4.78, 5) is 24.2. The predicted octanol–water partition coefficient (Wildman–Crippen LogP) is 7.77. The molecule has 0 saturated carbocycles. The van der Waals surface area contributed by atoms with Gasteiger partial charge in [-0.1, -0.05) is 76.3 Å². The molecule has 33 heavy (non-hydrogen) atoms. The Bertz CT molecular complexity index is 852. The number of hydrogen-bond acceptors (Lipinski definition) is 4. The summed E-state index contributed by atoms with van der Waals surface area (Å²) in [5.74, 6) is 0.433. The van der Waals surface area contributed by atoms with E-state index in [-0.39, 0.29) is 11.9 Å². The fourth-order valence-corrected chi connectivity index (χ4v) is 3.38. The molecule has 2 aromatic carbocycles. The molecule has 0 heterocycles. The van der Waals surface area contributed by atoms with Gasteiger partial charge in [-0.3, -0.25) is 4.79 Å². The number of rotatable bonds is 15. The molecule has 0 unspecified atom stereocenters. The predicted molar refractivity (Wildman–Crippen MR) is 134 cm³/mol. The zero-order chi connectivity index (χ0) is 23.9. The standard InChI is InChI=1S/C29H38O4/c1-4-6-7-8-9-10-11-12-13-28(30)33-27-20-18-25(19-21-27)24-14-16-26(17-15-24)29(31)32-22-23(3)5-2/h4,14-21,23H,1,5-13,22H2,2-3H3/t23-/m0/s1. The van der Waals surface area contributed by atoms with Gasteiger partial charge in [-0.2, -0.15) is 0 Å². The molecule has 0 aliphatic rings. The quantitative estimate of drug-likeness (QED) is 0.120. The maximum Gasteiger partial charge on any atom is 0.338 e. The lowest BCUT2D eigenvalue weighted by molar-refractivity contribution is -0.134. The van der Waals surface area contributed by atoms with E-state index in [1.54, 1.807) is 24.3 Å². The summed E-state index contributed by atoms with van der Waals surface area (Å²) in [6.07, 6.45) is 11.2. The molecule has 2 rings (SSSR count). The van der Waals surface area contributed by atoms with Crippen molar-refractivity contribution < 1.29 is 19.1 Å². The number of ether oxygens (including phenoxy) is 2. The molecule has 4 heteroatoms. The summed E-state index contributed by atoms with van der Waals surface area (Å²) < 4.78 is 10.8. The fourth-order valence-electron chi connectivity index (χ4n) is 3.38. The van der Waals surface area contributed by atoms with Crippen LogP contribution in [0.15, 0.2) is 61.2 Å². The third-order valence-electron chi connectivity index (χ3n) is 5.77. The van der Waals surface area contributed by atoms with Crippen LogP contribution >= 0.6 is 0 Å². The lowest BCUT2D eigenvalue weighted by Gasteiger charge is -2.10. The van der Waals surface area contributed by atoms with Crippen molar-refractivity contribution >= 4 is 11.9 Å². The minimum absolute atomic E-state index is 0.185. The number of carbonyl (C=O) groups is 2. The van der Waals surface area contributed by atoms with E-state index in [0.717, 1.165) is 43.2 Å². The van der Waals surface area contributed by atoms with Crippen molar-refractivity contribution in [1.82, 2.24) is 0 Å². The first-order valence-electron chi connectivity index (χ1n) is 12.2. The van der Waals surface area contributed by atoms with Gasteiger partial charge >= 0.3 is 11.9 Å². The van der Waals surface area contributed by atoms with Gasteiger partial charge in [0.15, 0.2) is 0 Å². The average Bonchev–Trinajstić information content (AvgIpc) is 2.84. The van der Waals surface area contributed by atoms with Gasteiger partial charge in [-0.05, 0) is 60.6 Å². The van der Waals surface area contributed by atoms with Crippen molar-refractivity contribution in [3.8, 4) is 16.9 Å². The van der Waals surface area contributed by atoms with Gasteiger partial charge in [0.2, 0.25) is 0 Å². The summed E-state index contributed by atoms with van der Waals surface area (Å²) in [6.45, 7) is 8.31. The Morgan fingerprint density at radius 1 is 0.879 bits per heavy atom. The van der Waals surface area contributed by atoms with Gasteiger partial charge in [0.05, 0.1) is 12.2 Å². The summed E-state index contributed by atoms with van der Waals surface area (Å²) in [6, 6.07) is 14.8. The summed E-state index contributed by atoms with van der Waals surface area (Å²) >= 11 is 0. The van der Waals surface area contributed by atoms with Gasteiger partial charge in [0.1, 0.15) is 5.75 Å². The van der Waals surface area contributed by atoms with Crippen LogP contribution in [0.4, 0.5) is 0 Å². The minimum Gasteiger partial charge on any atom is -0.462 e. The van der Waals surface area contributed by atoms with Crippen LogP contribution in [-0.4, -0.2) is 18.5 Å². The van der Waals surface area contributed by atoms with Gasteiger partial charge in [0, 0.05) is 6.42 Å². The van der Waals surface area contributed by atoms with Crippen molar-refractivity contribution in [3.05, 3.63) is 66.7 Å². The number of allylic oxidation sites excluding steroid dienone is 1. The Balaban J connectivity index is 1.75. The van der Waals surface area contributed by atoms with E-state index in [0.29, 0.717) is 30.3 Å². The maximum absolute atomic E-state index is 12.2. The summed E-state index contributed by atoms with van der Waals surface area (Å²) in [5, 5.41) is 0. The molecule has 4 nitrogen and oxygen atoms in total. The highest BCUT2D eigenvalue weighted by Gasteiger charge is 2.10. The highest BCUT2D eigenvalue weighted by atomic mass is 16.5. The number of hydrogen-bond donors (Lipinski definition) is 0. The molecule has 0 bridgehead atoms. The van der Waals surface area contributed by atoms with Crippen molar-refractivity contribution in [2.75, 3.05) is 6.61 Å². The first kappa shape index (κ1) is 26.4. The zero-order valence-electron chi connectivity index (χ0n) is 20.2. The smallest absolute Gasteiger partial charge is 0.338 e. The van der Waals surface area contributed by atoms with E-state index in [4.69, 9.17) is 9.47 Å². The lowest BCUT2D eigenvalue weighted by atomic mass is 10.0. The number of unbranched alkanes of at least 4 members (excludes halogenated alkanes) is 6. The van der Waals surface area contributed by atoms with E-state index in [2.05, 4.69) is 20.4 Å². The van der Waals surface area contributed by atoms with Crippen LogP contribution in [0.2, 0.25) is 0 Å². The number of carbonyl (C=O) groups excluding carboxylic acids is 2.